The molecule has 11 heteroatoms. The van der Waals surface area contributed by atoms with Crippen LogP contribution in [0, 0.1) is 19.7 Å². The Morgan fingerprint density at radius 1 is 1.16 bits per heavy atom. The molecule has 5 heterocycles. The Morgan fingerprint density at radius 3 is 2.74 bits per heavy atom. The number of rotatable bonds is 5. The molecule has 38 heavy (non-hydrogen) atoms. The molecule has 0 aliphatic carbocycles. The summed E-state index contributed by atoms with van der Waals surface area (Å²) in [6.07, 6.45) is 2.10. The van der Waals surface area contributed by atoms with Crippen LogP contribution in [-0.2, 0) is 4.74 Å². The molecule has 3 aromatic heterocycles. The van der Waals surface area contributed by atoms with E-state index in [9.17, 15) is 4.39 Å². The van der Waals surface area contributed by atoms with Gasteiger partial charge in [-0.2, -0.15) is 10.1 Å². The second-order valence-electron chi connectivity index (χ2n) is 10.2. The van der Waals surface area contributed by atoms with Gasteiger partial charge in [0.2, 0.25) is 11.9 Å². The molecule has 0 spiro atoms. The molecule has 2 saturated heterocycles. The van der Waals surface area contributed by atoms with Crippen molar-refractivity contribution in [3.8, 4) is 17.2 Å². The SMILES string of the molecule is CNc1nc2cc(F)ccc2n1-c1nc(-c2c(C)nn(C3CCNCC3)c2C)cc(N2CCOC[C@H]2C)n1.[2H][2H].[2H][2H].[2H][2H].[2H][2H].[2H][2H]. The number of morpholine rings is 1. The first kappa shape index (κ1) is 19.5. The number of anilines is 2. The van der Waals surface area contributed by atoms with E-state index in [1.807, 2.05) is 11.5 Å². The van der Waals surface area contributed by atoms with Gasteiger partial charge in [-0.15, -0.1) is 0 Å². The molecular weight excluding hydrogens is 485 g/mol. The van der Waals surface area contributed by atoms with Crippen LogP contribution in [0.4, 0.5) is 16.2 Å². The van der Waals surface area contributed by atoms with Gasteiger partial charge in [-0.1, -0.05) is 0 Å². The molecule has 4 aromatic rings. The van der Waals surface area contributed by atoms with Crippen LogP contribution in [0.1, 0.15) is 52.0 Å². The highest BCUT2D eigenvalue weighted by Gasteiger charge is 2.27. The van der Waals surface area contributed by atoms with Crippen molar-refractivity contribution in [1.82, 2.24) is 34.6 Å². The van der Waals surface area contributed by atoms with Gasteiger partial charge in [0, 0.05) is 51.8 Å². The number of benzene rings is 1. The maximum absolute atomic E-state index is 14.0. The summed E-state index contributed by atoms with van der Waals surface area (Å²) in [5.41, 5.74) is 5.15. The maximum atomic E-state index is 14.0. The van der Waals surface area contributed by atoms with Crippen molar-refractivity contribution in [3.05, 3.63) is 41.5 Å². The van der Waals surface area contributed by atoms with E-state index in [-0.39, 0.29) is 11.9 Å². The first-order chi connectivity index (χ1) is 23.4. The van der Waals surface area contributed by atoms with E-state index in [4.69, 9.17) is 34.7 Å². The molecule has 2 N–H and O–H groups in total. The molecule has 0 bridgehead atoms. The van der Waals surface area contributed by atoms with Gasteiger partial charge in [0.25, 0.3) is 0 Å². The fraction of sp³-hybridized carbons (Fsp3) is 0.481. The number of aryl methyl sites for hydroxylation is 1. The summed E-state index contributed by atoms with van der Waals surface area (Å²) in [4.78, 5) is 17.0. The zero-order chi connectivity index (χ0) is 36.4. The molecule has 2 aliphatic rings. The number of hydrogen-bond donors (Lipinski definition) is 2. The van der Waals surface area contributed by atoms with Crippen LogP contribution in [0.15, 0.2) is 24.3 Å². The Hall–Kier alpha value is -3.57. The Kier molecular flexibility index (Phi) is 5.11. The number of fused-ring (bicyclic) bond motifs is 1. The number of imidazole rings is 1. The highest BCUT2D eigenvalue weighted by atomic mass is 19.1. The number of piperidine rings is 1. The average molecular weight is 540 g/mol. The summed E-state index contributed by atoms with van der Waals surface area (Å²) in [5.74, 6) is 1.50. The minimum Gasteiger partial charge on any atom is -0.377 e. The Morgan fingerprint density at radius 2 is 1.97 bits per heavy atom. The van der Waals surface area contributed by atoms with Gasteiger partial charge in [0.15, 0.2) is 0 Å². The molecule has 0 saturated carbocycles. The van der Waals surface area contributed by atoms with Gasteiger partial charge in [-0.3, -0.25) is 4.68 Å². The van der Waals surface area contributed by atoms with E-state index in [1.54, 1.807) is 13.1 Å². The predicted molar refractivity (Wildman–Crippen MR) is 156 cm³/mol. The van der Waals surface area contributed by atoms with Crippen LogP contribution in [0.5, 0.6) is 0 Å². The number of halogens is 1. The monoisotopic (exact) mass is 539 g/mol. The average Bonchev–Trinajstić information content (AvgIpc) is 3.68. The minimum atomic E-state index is -0.334. The van der Waals surface area contributed by atoms with Gasteiger partial charge >= 0.3 is 0 Å². The highest BCUT2D eigenvalue weighted by Crippen LogP contribution is 2.34. The van der Waals surface area contributed by atoms with Crippen molar-refractivity contribution in [2.75, 3.05) is 50.1 Å². The van der Waals surface area contributed by atoms with Crippen molar-refractivity contribution < 1.29 is 24.0 Å². The first-order valence-electron chi connectivity index (χ1n) is 18.3. The highest BCUT2D eigenvalue weighted by molar-refractivity contribution is 5.81. The standard InChI is InChI=1S/C27H34FN9O.5H2/c1-16-15-38-12-11-35(16)24-14-22(25-17(2)34-37(18(25)3)20-7-9-30-10-8-20)32-27(33-24)36-23-6-5-19(28)13-21(23)31-26(36)29-4;;;;;/h5-6,13-14,16,20,30H,7-12,15H2,1-4H3,(H,29,31);5*1H/t16-;;;;;/m1...../s1/i;5*1+1D. The quantitative estimate of drug-likeness (QED) is 0.371. The Balaban J connectivity index is 0.00000106. The topological polar surface area (TPSA) is 98.0 Å². The molecule has 2 aliphatic heterocycles. The second-order valence-corrected chi connectivity index (χ2v) is 10.2. The third-order valence-corrected chi connectivity index (χ3v) is 7.64. The molecule has 0 unspecified atom stereocenters. The van der Waals surface area contributed by atoms with E-state index in [2.05, 4.69) is 45.1 Å². The third-order valence-electron chi connectivity index (χ3n) is 7.64. The number of ether oxygens (including phenoxy) is 1. The smallest absolute Gasteiger partial charge is 0.239 e. The van der Waals surface area contributed by atoms with Gasteiger partial charge in [0.1, 0.15) is 11.6 Å². The summed E-state index contributed by atoms with van der Waals surface area (Å²) < 4.78 is 73.8. The van der Waals surface area contributed by atoms with Gasteiger partial charge < -0.3 is 20.3 Å². The molecule has 1 aromatic carbocycles. The van der Waals surface area contributed by atoms with Crippen molar-refractivity contribution in [2.24, 2.45) is 0 Å². The maximum Gasteiger partial charge on any atom is 0.239 e. The lowest BCUT2D eigenvalue weighted by Gasteiger charge is -2.34. The van der Waals surface area contributed by atoms with Gasteiger partial charge in [0.05, 0.1) is 47.7 Å². The molecule has 6 rings (SSSR count). The van der Waals surface area contributed by atoms with Crippen molar-refractivity contribution >= 4 is 22.8 Å². The van der Waals surface area contributed by atoms with Crippen molar-refractivity contribution in [1.29, 1.82) is 0 Å². The van der Waals surface area contributed by atoms with Crippen LogP contribution < -0.4 is 15.5 Å². The largest absolute Gasteiger partial charge is 0.377 e. The molecule has 0 radical (unpaired) electrons. The normalized spacial score (nSPS) is 19.9. The summed E-state index contributed by atoms with van der Waals surface area (Å²) in [7, 11) is 1.79. The van der Waals surface area contributed by atoms with Crippen LogP contribution in [-0.4, -0.2) is 75.2 Å². The summed E-state index contributed by atoms with van der Waals surface area (Å²) >= 11 is 0. The zero-order valence-corrected chi connectivity index (χ0v) is 22.3. The van der Waals surface area contributed by atoms with Crippen LogP contribution in [0.3, 0.4) is 0 Å². The number of nitrogens with zero attached hydrogens (tertiary/aromatic N) is 7. The molecule has 210 valence electrons. The molecule has 10 nitrogen and oxygen atoms in total. The molecule has 2 fully saturated rings. The fourth-order valence-electron chi connectivity index (χ4n) is 5.73. The summed E-state index contributed by atoms with van der Waals surface area (Å²) in [6, 6.07) is 7.18. The minimum absolute atomic E-state index is 0.163. The molecular formula is C27H44FN9O. The number of aromatic nitrogens is 6. The summed E-state index contributed by atoms with van der Waals surface area (Å²) in [6.45, 7) is 10.3. The van der Waals surface area contributed by atoms with E-state index in [0.29, 0.717) is 36.7 Å². The third kappa shape index (κ3) is 4.29. The second kappa shape index (κ2) is 9.95. The van der Waals surface area contributed by atoms with E-state index in [1.165, 1.54) is 12.1 Å². The predicted octanol–water partition coefficient (Wildman–Crippen LogP) is 4.86. The lowest BCUT2D eigenvalue weighted by Crippen LogP contribution is -2.44. The lowest BCUT2D eigenvalue weighted by molar-refractivity contribution is 0.0985. The van der Waals surface area contributed by atoms with Crippen LogP contribution in [0.2, 0.25) is 0 Å². The van der Waals surface area contributed by atoms with Crippen LogP contribution >= 0.6 is 0 Å². The molecule has 0 amide bonds. The van der Waals surface area contributed by atoms with Crippen LogP contribution in [0.25, 0.3) is 28.2 Å². The van der Waals surface area contributed by atoms with E-state index in [0.717, 1.165) is 66.5 Å². The van der Waals surface area contributed by atoms with Crippen molar-refractivity contribution in [2.45, 2.75) is 45.7 Å². The van der Waals surface area contributed by atoms with E-state index < -0.39 is 0 Å². The van der Waals surface area contributed by atoms with Gasteiger partial charge in [-0.05, 0) is 58.8 Å². The Labute approximate surface area is 236 Å². The lowest BCUT2D eigenvalue weighted by atomic mass is 10.1. The van der Waals surface area contributed by atoms with Gasteiger partial charge in [-0.25, -0.2) is 18.9 Å². The summed E-state index contributed by atoms with van der Waals surface area (Å²) in [5, 5.41) is 11.5. The van der Waals surface area contributed by atoms with Crippen molar-refractivity contribution in [3.63, 3.8) is 0 Å². The first-order valence-corrected chi connectivity index (χ1v) is 13.3. The van der Waals surface area contributed by atoms with E-state index >= 15 is 0 Å². The Bertz CT molecular complexity index is 1510. The number of nitrogens with one attached hydrogen (secondary N) is 2. The fourth-order valence-corrected chi connectivity index (χ4v) is 5.73. The molecule has 1 atom stereocenters. The number of hydrogen-bond acceptors (Lipinski definition) is 8. The zero-order valence-electron chi connectivity index (χ0n) is 32.3.